The van der Waals surface area contributed by atoms with Crippen LogP contribution in [0.5, 0.6) is 0 Å². The molecular formula is C18H17N5O2. The third-order valence-electron chi connectivity index (χ3n) is 4.30. The summed E-state index contributed by atoms with van der Waals surface area (Å²) in [6, 6.07) is 11.9. The van der Waals surface area contributed by atoms with Gasteiger partial charge in [0, 0.05) is 37.5 Å². The third kappa shape index (κ3) is 3.08. The highest BCUT2D eigenvalue weighted by molar-refractivity contribution is 5.92. The lowest BCUT2D eigenvalue weighted by Crippen LogP contribution is -2.41. The number of amides is 1. The maximum atomic E-state index is 12.5. The minimum absolute atomic E-state index is 0.0214. The molecule has 1 aliphatic rings. The first-order valence-corrected chi connectivity index (χ1v) is 8.17. The lowest BCUT2D eigenvalue weighted by atomic mass is 10.1. The normalized spacial score (nSPS) is 16.2. The molecule has 2 aromatic heterocycles. The Morgan fingerprint density at radius 1 is 1.16 bits per heavy atom. The Morgan fingerprint density at radius 3 is 2.84 bits per heavy atom. The molecule has 0 aliphatic carbocycles. The summed E-state index contributed by atoms with van der Waals surface area (Å²) in [6.45, 7) is 0.694. The van der Waals surface area contributed by atoms with Gasteiger partial charge in [-0.05, 0) is 24.6 Å². The van der Waals surface area contributed by atoms with Crippen LogP contribution in [0.15, 0.2) is 59.7 Å². The predicted molar refractivity (Wildman–Crippen MR) is 91.6 cm³/mol. The number of carbonyl (C=O) groups is 1. The van der Waals surface area contributed by atoms with Crippen molar-refractivity contribution >= 4 is 5.91 Å². The maximum absolute atomic E-state index is 12.5. The van der Waals surface area contributed by atoms with E-state index in [4.69, 9.17) is 0 Å². The van der Waals surface area contributed by atoms with Gasteiger partial charge in [-0.2, -0.15) is 9.78 Å². The highest BCUT2D eigenvalue weighted by atomic mass is 16.2. The van der Waals surface area contributed by atoms with Crippen LogP contribution in [0.2, 0.25) is 0 Å². The average Bonchev–Trinajstić information content (AvgIpc) is 3.10. The molecule has 4 rings (SSSR count). The van der Waals surface area contributed by atoms with Crippen molar-refractivity contribution in [3.8, 4) is 5.69 Å². The number of fused-ring (bicyclic) bond motifs is 1. The minimum atomic E-state index is -0.279. The van der Waals surface area contributed by atoms with E-state index in [0.29, 0.717) is 12.2 Å². The van der Waals surface area contributed by atoms with Crippen molar-refractivity contribution in [3.05, 3.63) is 76.7 Å². The first-order chi connectivity index (χ1) is 12.2. The number of hydrogen-bond acceptors (Lipinski definition) is 4. The van der Waals surface area contributed by atoms with Crippen LogP contribution in [-0.4, -0.2) is 31.3 Å². The van der Waals surface area contributed by atoms with Gasteiger partial charge in [-0.15, -0.1) is 0 Å². The Hall–Kier alpha value is -3.22. The number of para-hydroxylation sites is 1. The SMILES string of the molecule is O=C(N[C@H]1CCc2nccn2C1)c1ccc(=O)n(-c2ccccc2)n1. The first kappa shape index (κ1) is 15.3. The summed E-state index contributed by atoms with van der Waals surface area (Å²) in [7, 11) is 0. The quantitative estimate of drug-likeness (QED) is 0.779. The highest BCUT2D eigenvalue weighted by Gasteiger charge is 2.21. The number of hydrogen-bond donors (Lipinski definition) is 1. The molecule has 1 aliphatic heterocycles. The number of rotatable bonds is 3. The monoisotopic (exact) mass is 335 g/mol. The Kier molecular flexibility index (Phi) is 3.89. The molecule has 0 bridgehead atoms. The van der Waals surface area contributed by atoms with Crippen LogP contribution in [0.3, 0.4) is 0 Å². The maximum Gasteiger partial charge on any atom is 0.272 e. The van der Waals surface area contributed by atoms with E-state index in [0.717, 1.165) is 18.7 Å². The second-order valence-electron chi connectivity index (χ2n) is 6.01. The molecule has 0 saturated heterocycles. The molecule has 1 N–H and O–H groups in total. The smallest absolute Gasteiger partial charge is 0.272 e. The van der Waals surface area contributed by atoms with Crippen LogP contribution < -0.4 is 10.9 Å². The van der Waals surface area contributed by atoms with Gasteiger partial charge in [0.15, 0.2) is 0 Å². The molecule has 3 aromatic rings. The van der Waals surface area contributed by atoms with Gasteiger partial charge in [-0.25, -0.2) is 4.98 Å². The van der Waals surface area contributed by atoms with Crippen molar-refractivity contribution in [1.82, 2.24) is 24.6 Å². The standard InChI is InChI=1S/C18H17N5O2/c24-17-9-7-15(21-23(17)14-4-2-1-3-5-14)18(25)20-13-6-8-16-19-10-11-22(16)12-13/h1-5,7,9-11,13H,6,8,12H2,(H,20,25)/t13-/m0/s1. The Morgan fingerprint density at radius 2 is 2.00 bits per heavy atom. The minimum Gasteiger partial charge on any atom is -0.346 e. The number of imidazole rings is 1. The van der Waals surface area contributed by atoms with Gasteiger partial charge in [0.2, 0.25) is 0 Å². The Labute approximate surface area is 143 Å². The fourth-order valence-electron chi connectivity index (χ4n) is 3.03. The molecule has 0 unspecified atom stereocenters. The molecule has 126 valence electrons. The second kappa shape index (κ2) is 6.35. The lowest BCUT2D eigenvalue weighted by Gasteiger charge is -2.24. The number of carbonyl (C=O) groups excluding carboxylic acids is 1. The Bertz CT molecular complexity index is 961. The number of nitrogens with zero attached hydrogens (tertiary/aromatic N) is 4. The van der Waals surface area contributed by atoms with Gasteiger partial charge >= 0.3 is 0 Å². The van der Waals surface area contributed by atoms with E-state index in [9.17, 15) is 9.59 Å². The zero-order chi connectivity index (χ0) is 17.2. The second-order valence-corrected chi connectivity index (χ2v) is 6.01. The molecule has 0 saturated carbocycles. The van der Waals surface area contributed by atoms with Crippen LogP contribution in [0, 0.1) is 0 Å². The largest absolute Gasteiger partial charge is 0.346 e. The summed E-state index contributed by atoms with van der Waals surface area (Å²) >= 11 is 0. The summed E-state index contributed by atoms with van der Waals surface area (Å²) in [4.78, 5) is 28.9. The molecule has 7 heteroatoms. The topological polar surface area (TPSA) is 81.8 Å². The van der Waals surface area contributed by atoms with Crippen molar-refractivity contribution in [3.63, 3.8) is 0 Å². The fourth-order valence-corrected chi connectivity index (χ4v) is 3.03. The van der Waals surface area contributed by atoms with E-state index in [1.165, 1.54) is 16.8 Å². The van der Waals surface area contributed by atoms with Gasteiger partial charge in [-0.3, -0.25) is 9.59 Å². The summed E-state index contributed by atoms with van der Waals surface area (Å²) in [6.07, 6.45) is 5.36. The average molecular weight is 335 g/mol. The molecule has 0 spiro atoms. The first-order valence-electron chi connectivity index (χ1n) is 8.17. The van der Waals surface area contributed by atoms with E-state index in [1.807, 2.05) is 29.0 Å². The number of aromatic nitrogens is 4. The summed E-state index contributed by atoms with van der Waals surface area (Å²) in [5, 5.41) is 7.21. The summed E-state index contributed by atoms with van der Waals surface area (Å²) in [5.41, 5.74) is 0.575. The van der Waals surface area contributed by atoms with Crippen LogP contribution in [0.25, 0.3) is 5.69 Å². The molecule has 1 aromatic carbocycles. The van der Waals surface area contributed by atoms with Crippen molar-refractivity contribution in [2.45, 2.75) is 25.4 Å². The molecule has 1 atom stereocenters. The van der Waals surface area contributed by atoms with Gasteiger partial charge in [-0.1, -0.05) is 18.2 Å². The lowest BCUT2D eigenvalue weighted by molar-refractivity contribution is 0.0920. The highest BCUT2D eigenvalue weighted by Crippen LogP contribution is 2.13. The van der Waals surface area contributed by atoms with Crippen LogP contribution in [0.4, 0.5) is 0 Å². The van der Waals surface area contributed by atoms with E-state index in [2.05, 4.69) is 15.4 Å². The summed E-state index contributed by atoms with van der Waals surface area (Å²) in [5.74, 6) is 0.763. The van der Waals surface area contributed by atoms with E-state index in [-0.39, 0.29) is 23.2 Å². The predicted octanol–water partition coefficient (Wildman–Crippen LogP) is 1.17. The fraction of sp³-hybridized carbons (Fsp3) is 0.222. The van der Waals surface area contributed by atoms with Crippen molar-refractivity contribution < 1.29 is 4.79 Å². The van der Waals surface area contributed by atoms with Crippen LogP contribution in [0.1, 0.15) is 22.7 Å². The number of aryl methyl sites for hydroxylation is 1. The molecule has 1 amide bonds. The third-order valence-corrected chi connectivity index (χ3v) is 4.30. The number of nitrogens with one attached hydrogen (secondary N) is 1. The number of benzene rings is 1. The molecular weight excluding hydrogens is 318 g/mol. The zero-order valence-electron chi connectivity index (χ0n) is 13.5. The van der Waals surface area contributed by atoms with Gasteiger partial charge in [0.25, 0.3) is 11.5 Å². The molecule has 7 nitrogen and oxygen atoms in total. The van der Waals surface area contributed by atoms with E-state index >= 15 is 0 Å². The van der Waals surface area contributed by atoms with E-state index < -0.39 is 0 Å². The van der Waals surface area contributed by atoms with E-state index in [1.54, 1.807) is 18.3 Å². The van der Waals surface area contributed by atoms with Crippen LogP contribution >= 0.6 is 0 Å². The van der Waals surface area contributed by atoms with Gasteiger partial charge in [0.05, 0.1) is 5.69 Å². The van der Waals surface area contributed by atoms with Crippen molar-refractivity contribution in [1.29, 1.82) is 0 Å². The summed E-state index contributed by atoms with van der Waals surface area (Å²) < 4.78 is 3.29. The van der Waals surface area contributed by atoms with Gasteiger partial charge < -0.3 is 9.88 Å². The molecule has 25 heavy (non-hydrogen) atoms. The molecule has 0 fully saturated rings. The van der Waals surface area contributed by atoms with Crippen molar-refractivity contribution in [2.75, 3.05) is 0 Å². The molecule has 0 radical (unpaired) electrons. The molecule has 3 heterocycles. The zero-order valence-corrected chi connectivity index (χ0v) is 13.5. The van der Waals surface area contributed by atoms with Gasteiger partial charge in [0.1, 0.15) is 11.5 Å². The van der Waals surface area contributed by atoms with Crippen molar-refractivity contribution in [2.24, 2.45) is 0 Å². The van der Waals surface area contributed by atoms with Crippen LogP contribution in [-0.2, 0) is 13.0 Å². The Balaban J connectivity index is 1.54.